The maximum absolute atomic E-state index is 12.3. The first-order valence-corrected chi connectivity index (χ1v) is 9.97. The smallest absolute Gasteiger partial charge is 0.307 e. The Hall–Kier alpha value is -3.18. The van der Waals surface area contributed by atoms with Crippen LogP contribution in [0.4, 0.5) is 0 Å². The predicted octanol–water partition coefficient (Wildman–Crippen LogP) is 4.89. The summed E-state index contributed by atoms with van der Waals surface area (Å²) in [4.78, 5) is 29.4. The molecular formula is C24H23ClN2O3. The van der Waals surface area contributed by atoms with E-state index >= 15 is 0 Å². The number of carbonyl (C=O) groups is 2. The molecule has 1 amide bonds. The molecule has 6 heteroatoms. The molecule has 0 radical (unpaired) electrons. The van der Waals surface area contributed by atoms with Crippen LogP contribution in [0.15, 0.2) is 60.8 Å². The van der Waals surface area contributed by atoms with Crippen molar-refractivity contribution in [3.05, 3.63) is 88.2 Å². The van der Waals surface area contributed by atoms with Crippen LogP contribution in [0.3, 0.4) is 0 Å². The van der Waals surface area contributed by atoms with Crippen LogP contribution >= 0.6 is 11.6 Å². The van der Waals surface area contributed by atoms with Crippen molar-refractivity contribution >= 4 is 23.5 Å². The first-order valence-electron chi connectivity index (χ1n) is 9.59. The summed E-state index contributed by atoms with van der Waals surface area (Å²) in [7, 11) is 0. The Bertz CT molecular complexity index is 1070. The van der Waals surface area contributed by atoms with Crippen LogP contribution in [-0.4, -0.2) is 26.9 Å². The predicted molar refractivity (Wildman–Crippen MR) is 117 cm³/mol. The van der Waals surface area contributed by atoms with Gasteiger partial charge in [-0.25, -0.2) is 4.98 Å². The van der Waals surface area contributed by atoms with Gasteiger partial charge in [-0.2, -0.15) is 0 Å². The minimum atomic E-state index is -0.931. The number of rotatable bonds is 7. The summed E-state index contributed by atoms with van der Waals surface area (Å²) in [5.41, 5.74) is 5.10. The summed E-state index contributed by atoms with van der Waals surface area (Å²) in [6, 6.07) is 17.5. The van der Waals surface area contributed by atoms with Crippen LogP contribution < -0.4 is 0 Å². The fourth-order valence-electron chi connectivity index (χ4n) is 3.36. The van der Waals surface area contributed by atoms with Crippen LogP contribution in [0, 0.1) is 6.92 Å². The third-order valence-corrected chi connectivity index (χ3v) is 5.13. The number of carboxylic acid groups (broad SMARTS) is 1. The van der Waals surface area contributed by atoms with E-state index in [1.807, 2.05) is 55.5 Å². The number of hydrogen-bond donors (Lipinski definition) is 1. The van der Waals surface area contributed by atoms with Gasteiger partial charge in [0.25, 0.3) is 0 Å². The summed E-state index contributed by atoms with van der Waals surface area (Å²) >= 11 is 6.37. The summed E-state index contributed by atoms with van der Waals surface area (Å²) in [5, 5.41) is 9.40. The number of aliphatic carboxylic acids is 1. The molecule has 0 fully saturated rings. The van der Waals surface area contributed by atoms with E-state index in [1.54, 1.807) is 17.9 Å². The van der Waals surface area contributed by atoms with Gasteiger partial charge in [0.2, 0.25) is 5.91 Å². The van der Waals surface area contributed by atoms with Gasteiger partial charge < -0.3 is 10.0 Å². The fraction of sp³-hybridized carbons (Fsp3) is 0.208. The highest BCUT2D eigenvalue weighted by atomic mass is 35.5. The molecule has 0 saturated heterocycles. The van der Waals surface area contributed by atoms with Gasteiger partial charge in [-0.3, -0.25) is 9.59 Å². The zero-order chi connectivity index (χ0) is 21.7. The fourth-order valence-corrected chi connectivity index (χ4v) is 3.56. The molecule has 5 nitrogen and oxygen atoms in total. The number of hydrogen-bond acceptors (Lipinski definition) is 3. The van der Waals surface area contributed by atoms with Crippen molar-refractivity contribution in [3.8, 4) is 11.1 Å². The number of aromatic nitrogens is 1. The normalized spacial score (nSPS) is 10.6. The zero-order valence-electron chi connectivity index (χ0n) is 16.9. The van der Waals surface area contributed by atoms with Crippen molar-refractivity contribution in [2.24, 2.45) is 0 Å². The second kappa shape index (κ2) is 9.55. The molecule has 0 saturated carbocycles. The summed E-state index contributed by atoms with van der Waals surface area (Å²) < 4.78 is 0. The van der Waals surface area contributed by atoms with Gasteiger partial charge >= 0.3 is 5.97 Å². The van der Waals surface area contributed by atoms with E-state index in [0.29, 0.717) is 29.4 Å². The van der Waals surface area contributed by atoms with E-state index in [2.05, 4.69) is 4.98 Å². The first-order chi connectivity index (χ1) is 14.3. The molecule has 2 aromatic carbocycles. The number of carbonyl (C=O) groups excluding carboxylic acids is 1. The lowest BCUT2D eigenvalue weighted by atomic mass is 9.97. The number of aryl methyl sites for hydroxylation is 1. The maximum Gasteiger partial charge on any atom is 0.307 e. The lowest BCUT2D eigenvalue weighted by molar-refractivity contribution is -0.136. The highest BCUT2D eigenvalue weighted by molar-refractivity contribution is 6.32. The Labute approximate surface area is 181 Å². The monoisotopic (exact) mass is 422 g/mol. The molecule has 3 aromatic rings. The SMILES string of the molecule is CC(=O)N(Cc1ccccc1)Cc1cc(C)ccc1-c1cc(CC(=O)O)cnc1Cl. The summed E-state index contributed by atoms with van der Waals surface area (Å²) in [6.07, 6.45) is 1.34. The van der Waals surface area contributed by atoms with Crippen LogP contribution in [0.1, 0.15) is 29.2 Å². The van der Waals surface area contributed by atoms with Crippen molar-refractivity contribution in [1.82, 2.24) is 9.88 Å². The number of halogens is 1. The maximum atomic E-state index is 12.3. The molecule has 0 aliphatic heterocycles. The van der Waals surface area contributed by atoms with Gasteiger partial charge in [0.1, 0.15) is 5.15 Å². The average molecular weight is 423 g/mol. The second-order valence-corrected chi connectivity index (χ2v) is 7.63. The van der Waals surface area contributed by atoms with Gasteiger partial charge in [0.15, 0.2) is 0 Å². The molecule has 0 spiro atoms. The first kappa shape index (κ1) is 21.5. The average Bonchev–Trinajstić information content (AvgIpc) is 2.70. The second-order valence-electron chi connectivity index (χ2n) is 7.27. The summed E-state index contributed by atoms with van der Waals surface area (Å²) in [5.74, 6) is -0.963. The molecular weight excluding hydrogens is 400 g/mol. The largest absolute Gasteiger partial charge is 0.481 e. The molecule has 0 atom stereocenters. The molecule has 0 bridgehead atoms. The van der Waals surface area contributed by atoms with Crippen LogP contribution in [-0.2, 0) is 29.1 Å². The number of pyridine rings is 1. The number of nitrogens with zero attached hydrogens (tertiary/aromatic N) is 2. The minimum Gasteiger partial charge on any atom is -0.481 e. The zero-order valence-corrected chi connectivity index (χ0v) is 17.7. The highest BCUT2D eigenvalue weighted by Crippen LogP contribution is 2.32. The summed E-state index contributed by atoms with van der Waals surface area (Å²) in [6.45, 7) is 4.44. The molecule has 0 unspecified atom stereocenters. The third-order valence-electron chi connectivity index (χ3n) is 4.82. The standard InChI is InChI=1S/C24H23ClN2O3/c1-16-8-9-21(22-11-19(12-23(29)30)13-26-24(22)25)20(10-16)15-27(17(2)28)14-18-6-4-3-5-7-18/h3-11,13H,12,14-15H2,1-2H3,(H,29,30). The third kappa shape index (κ3) is 5.45. The topological polar surface area (TPSA) is 70.5 Å². The number of carboxylic acids is 1. The number of benzene rings is 2. The van der Waals surface area contributed by atoms with Gasteiger partial charge in [-0.1, -0.05) is 65.7 Å². The minimum absolute atomic E-state index is 0.0323. The van der Waals surface area contributed by atoms with E-state index in [9.17, 15) is 9.59 Å². The van der Waals surface area contributed by atoms with E-state index in [0.717, 1.165) is 22.3 Å². The van der Waals surface area contributed by atoms with Gasteiger partial charge in [0, 0.05) is 31.8 Å². The van der Waals surface area contributed by atoms with E-state index in [1.165, 1.54) is 6.20 Å². The molecule has 0 aliphatic rings. The Morgan fingerprint density at radius 2 is 1.73 bits per heavy atom. The van der Waals surface area contributed by atoms with Crippen molar-refractivity contribution in [2.75, 3.05) is 0 Å². The van der Waals surface area contributed by atoms with Gasteiger partial charge in [-0.15, -0.1) is 0 Å². The van der Waals surface area contributed by atoms with Gasteiger partial charge in [-0.05, 0) is 35.2 Å². The van der Waals surface area contributed by atoms with E-state index in [-0.39, 0.29) is 12.3 Å². The van der Waals surface area contributed by atoms with Crippen molar-refractivity contribution < 1.29 is 14.7 Å². The molecule has 1 heterocycles. The van der Waals surface area contributed by atoms with Crippen molar-refractivity contribution in [1.29, 1.82) is 0 Å². The van der Waals surface area contributed by atoms with Crippen LogP contribution in [0.25, 0.3) is 11.1 Å². The molecule has 0 aliphatic carbocycles. The molecule has 154 valence electrons. The Kier molecular flexibility index (Phi) is 6.85. The van der Waals surface area contributed by atoms with E-state index in [4.69, 9.17) is 16.7 Å². The lowest BCUT2D eigenvalue weighted by Crippen LogP contribution is -2.28. The van der Waals surface area contributed by atoms with Gasteiger partial charge in [0.05, 0.1) is 6.42 Å². The molecule has 1 aromatic heterocycles. The van der Waals surface area contributed by atoms with Crippen molar-refractivity contribution in [3.63, 3.8) is 0 Å². The quantitative estimate of drug-likeness (QED) is 0.550. The Morgan fingerprint density at radius 1 is 1.00 bits per heavy atom. The van der Waals surface area contributed by atoms with Crippen LogP contribution in [0.5, 0.6) is 0 Å². The highest BCUT2D eigenvalue weighted by Gasteiger charge is 2.17. The van der Waals surface area contributed by atoms with E-state index < -0.39 is 5.97 Å². The van der Waals surface area contributed by atoms with Crippen molar-refractivity contribution in [2.45, 2.75) is 33.4 Å². The van der Waals surface area contributed by atoms with Crippen LogP contribution in [0.2, 0.25) is 5.15 Å². The Balaban J connectivity index is 1.99. The molecule has 30 heavy (non-hydrogen) atoms. The Morgan fingerprint density at radius 3 is 2.40 bits per heavy atom. The molecule has 1 N–H and O–H groups in total. The number of amides is 1. The lowest BCUT2D eigenvalue weighted by Gasteiger charge is -2.23. The molecule has 3 rings (SSSR count).